The number of ether oxygens (including phenoxy) is 3. The van der Waals surface area contributed by atoms with Gasteiger partial charge in [-0.1, -0.05) is 37.8 Å². The maximum absolute atomic E-state index is 12.3. The zero-order chi connectivity index (χ0) is 18.5. The van der Waals surface area contributed by atoms with E-state index >= 15 is 0 Å². The number of nitrogens with one attached hydrogen (secondary N) is 1. The fourth-order valence-corrected chi connectivity index (χ4v) is 3.18. The van der Waals surface area contributed by atoms with Crippen molar-refractivity contribution in [3.05, 3.63) is 35.9 Å². The second-order valence-corrected chi connectivity index (χ2v) is 6.63. The molecule has 3 aliphatic rings. The molecule has 1 aromatic rings. The molecule has 3 aliphatic heterocycles. The van der Waals surface area contributed by atoms with Crippen LogP contribution in [0, 0.1) is 0 Å². The molecule has 0 aliphatic carbocycles. The van der Waals surface area contributed by atoms with Gasteiger partial charge in [-0.2, -0.15) is 0 Å². The molecular weight excluding hydrogens is 352 g/mol. The summed E-state index contributed by atoms with van der Waals surface area (Å²) >= 11 is 0. The summed E-state index contributed by atoms with van der Waals surface area (Å²) in [5.41, 5.74) is 6.95. The first-order chi connectivity index (χ1) is 12.6. The van der Waals surface area contributed by atoms with Gasteiger partial charge >= 0.3 is 0 Å². The van der Waals surface area contributed by atoms with Gasteiger partial charge in [0.2, 0.25) is 5.91 Å². The van der Waals surface area contributed by atoms with Gasteiger partial charge in [0, 0.05) is 13.2 Å². The van der Waals surface area contributed by atoms with Crippen LogP contribution in [0.25, 0.3) is 0 Å². The standard InChI is InChI=1S/C18H26N2O6.CH4/c19-12(9-11-5-2-1-3-6-11)17(23)20-10-13-16-14(21)15(22)18(26-13)25-8-4-7-24-16;/h1-3,5-6,12-16,18,21-22H,4,7-10,19H2,(H,20,23);1H4/t12-,13?,14?,15?,16?,18?;/m0./s1. The Hall–Kier alpha value is -1.55. The maximum atomic E-state index is 12.3. The molecule has 5 N–H and O–H groups in total. The van der Waals surface area contributed by atoms with E-state index in [1.807, 2.05) is 30.3 Å². The van der Waals surface area contributed by atoms with E-state index in [1.54, 1.807) is 0 Å². The van der Waals surface area contributed by atoms with Crippen LogP contribution in [0.3, 0.4) is 0 Å². The molecular formula is C19H30N2O6. The molecule has 27 heavy (non-hydrogen) atoms. The van der Waals surface area contributed by atoms with Crippen molar-refractivity contribution in [3.8, 4) is 0 Å². The molecule has 1 amide bonds. The van der Waals surface area contributed by atoms with E-state index in [1.165, 1.54) is 0 Å². The lowest BCUT2D eigenvalue weighted by molar-refractivity contribution is -0.292. The van der Waals surface area contributed by atoms with Crippen LogP contribution < -0.4 is 11.1 Å². The van der Waals surface area contributed by atoms with Crippen LogP contribution in [0.1, 0.15) is 19.4 Å². The SMILES string of the molecule is C.N[C@@H](Cc1ccccc1)C(=O)NCC1OC2OCCCOC1C(O)C2O. The zero-order valence-electron chi connectivity index (χ0n) is 14.5. The number of hydrogen-bond donors (Lipinski definition) is 4. The molecule has 2 bridgehead atoms. The summed E-state index contributed by atoms with van der Waals surface area (Å²) in [6.07, 6.45) is -3.60. The minimum Gasteiger partial charge on any atom is -0.387 e. The van der Waals surface area contributed by atoms with Crippen molar-refractivity contribution in [3.63, 3.8) is 0 Å². The van der Waals surface area contributed by atoms with Gasteiger partial charge in [0.25, 0.3) is 0 Å². The topological polar surface area (TPSA) is 123 Å². The largest absolute Gasteiger partial charge is 0.387 e. The van der Waals surface area contributed by atoms with Crippen molar-refractivity contribution in [2.45, 2.75) is 57.0 Å². The third kappa shape index (κ3) is 5.47. The molecule has 0 spiro atoms. The highest BCUT2D eigenvalue weighted by atomic mass is 16.7. The van der Waals surface area contributed by atoms with E-state index in [-0.39, 0.29) is 19.9 Å². The second-order valence-electron chi connectivity index (χ2n) is 6.63. The normalized spacial score (nSPS) is 31.7. The number of rotatable bonds is 5. The summed E-state index contributed by atoms with van der Waals surface area (Å²) in [6, 6.07) is 8.82. The number of carbonyl (C=O) groups excluding carboxylic acids is 1. The van der Waals surface area contributed by atoms with Crippen molar-refractivity contribution in [1.82, 2.24) is 5.32 Å². The Morgan fingerprint density at radius 1 is 1.19 bits per heavy atom. The zero-order valence-corrected chi connectivity index (χ0v) is 14.5. The summed E-state index contributed by atoms with van der Waals surface area (Å²) in [5.74, 6) is -0.316. The molecule has 152 valence electrons. The van der Waals surface area contributed by atoms with Crippen molar-refractivity contribution >= 4 is 5.91 Å². The Morgan fingerprint density at radius 2 is 1.89 bits per heavy atom. The second kappa shape index (κ2) is 10.1. The van der Waals surface area contributed by atoms with Crippen LogP contribution in [0.4, 0.5) is 0 Å². The first-order valence-electron chi connectivity index (χ1n) is 8.88. The summed E-state index contributed by atoms with van der Waals surface area (Å²) in [4.78, 5) is 12.3. The summed E-state index contributed by atoms with van der Waals surface area (Å²) in [5, 5.41) is 23.1. The molecule has 5 unspecified atom stereocenters. The first-order valence-corrected chi connectivity index (χ1v) is 8.88. The molecule has 3 fully saturated rings. The maximum Gasteiger partial charge on any atom is 0.237 e. The molecule has 1 aromatic carbocycles. The van der Waals surface area contributed by atoms with Gasteiger partial charge in [0.05, 0.1) is 12.6 Å². The van der Waals surface area contributed by atoms with Crippen molar-refractivity contribution in [2.24, 2.45) is 5.73 Å². The van der Waals surface area contributed by atoms with E-state index in [2.05, 4.69) is 5.32 Å². The summed E-state index contributed by atoms with van der Waals surface area (Å²) < 4.78 is 16.8. The van der Waals surface area contributed by atoms with E-state index < -0.39 is 36.7 Å². The van der Waals surface area contributed by atoms with Gasteiger partial charge < -0.3 is 35.5 Å². The Balaban J connectivity index is 0.00000261. The number of amides is 1. The van der Waals surface area contributed by atoms with E-state index in [9.17, 15) is 15.0 Å². The number of benzene rings is 1. The van der Waals surface area contributed by atoms with Crippen molar-refractivity contribution < 1.29 is 29.2 Å². The fourth-order valence-electron chi connectivity index (χ4n) is 3.18. The number of aliphatic hydroxyl groups excluding tert-OH is 2. The molecule has 0 aromatic heterocycles. The number of hydrogen-bond acceptors (Lipinski definition) is 7. The highest BCUT2D eigenvalue weighted by molar-refractivity contribution is 5.81. The average molecular weight is 382 g/mol. The summed E-state index contributed by atoms with van der Waals surface area (Å²) in [6.45, 7) is 0.848. The van der Waals surface area contributed by atoms with Crippen LogP contribution in [-0.2, 0) is 25.4 Å². The lowest BCUT2D eigenvalue weighted by Crippen LogP contribution is -2.61. The summed E-state index contributed by atoms with van der Waals surface area (Å²) in [7, 11) is 0. The average Bonchev–Trinajstić information content (AvgIpc) is 2.79. The molecule has 8 heteroatoms. The van der Waals surface area contributed by atoms with Gasteiger partial charge in [-0.15, -0.1) is 0 Å². The van der Waals surface area contributed by atoms with Crippen LogP contribution in [0.15, 0.2) is 30.3 Å². The molecule has 3 saturated heterocycles. The Labute approximate surface area is 159 Å². The van der Waals surface area contributed by atoms with Crippen LogP contribution in [0.5, 0.6) is 0 Å². The van der Waals surface area contributed by atoms with Gasteiger partial charge in [0.1, 0.15) is 24.4 Å². The van der Waals surface area contributed by atoms with Gasteiger partial charge in [0.15, 0.2) is 6.29 Å². The monoisotopic (exact) mass is 382 g/mol. The van der Waals surface area contributed by atoms with Crippen molar-refractivity contribution in [2.75, 3.05) is 19.8 Å². The minimum atomic E-state index is -1.19. The van der Waals surface area contributed by atoms with E-state index in [0.717, 1.165) is 5.56 Å². The van der Waals surface area contributed by atoms with Gasteiger partial charge in [-0.25, -0.2) is 0 Å². The fraction of sp³-hybridized carbons (Fsp3) is 0.632. The van der Waals surface area contributed by atoms with Crippen LogP contribution in [-0.4, -0.2) is 72.6 Å². The molecule has 6 atom stereocenters. The van der Waals surface area contributed by atoms with E-state index in [4.69, 9.17) is 19.9 Å². The van der Waals surface area contributed by atoms with Crippen molar-refractivity contribution in [1.29, 1.82) is 0 Å². The number of aliphatic hydroxyl groups is 2. The first kappa shape index (κ1) is 21.7. The third-order valence-electron chi connectivity index (χ3n) is 4.63. The Morgan fingerprint density at radius 3 is 2.63 bits per heavy atom. The highest BCUT2D eigenvalue weighted by Gasteiger charge is 2.46. The predicted octanol–water partition coefficient (Wildman–Crippen LogP) is -0.439. The smallest absolute Gasteiger partial charge is 0.237 e. The Bertz CT molecular complexity index is 585. The predicted molar refractivity (Wildman–Crippen MR) is 98.8 cm³/mol. The number of fused-ring (bicyclic) bond motifs is 6. The quantitative estimate of drug-likeness (QED) is 0.544. The highest BCUT2D eigenvalue weighted by Crippen LogP contribution is 2.25. The number of nitrogens with two attached hydrogens (primary N) is 1. The van der Waals surface area contributed by atoms with Crippen LogP contribution >= 0.6 is 0 Å². The molecule has 0 saturated carbocycles. The van der Waals surface area contributed by atoms with Crippen LogP contribution in [0.2, 0.25) is 0 Å². The van der Waals surface area contributed by atoms with Gasteiger partial charge in [-0.3, -0.25) is 4.79 Å². The molecule has 0 radical (unpaired) electrons. The minimum absolute atomic E-state index is 0. The molecule has 3 heterocycles. The lowest BCUT2D eigenvalue weighted by atomic mass is 9.98. The molecule has 4 rings (SSSR count). The molecule has 8 nitrogen and oxygen atoms in total. The Kier molecular flexibility index (Phi) is 8.15. The lowest BCUT2D eigenvalue weighted by Gasteiger charge is -2.41. The third-order valence-corrected chi connectivity index (χ3v) is 4.63. The van der Waals surface area contributed by atoms with E-state index in [0.29, 0.717) is 26.1 Å². The van der Waals surface area contributed by atoms with Gasteiger partial charge in [-0.05, 0) is 18.4 Å². The number of carbonyl (C=O) groups is 1.